The predicted molar refractivity (Wildman–Crippen MR) is 120 cm³/mol. The Morgan fingerprint density at radius 1 is 1.06 bits per heavy atom. The fraction of sp³-hybridized carbons (Fsp3) is 0.478. The van der Waals surface area contributed by atoms with Gasteiger partial charge in [0.05, 0.1) is 24.8 Å². The number of nitrogens with zero attached hydrogens (tertiary/aromatic N) is 5. The monoisotopic (exact) mass is 423 g/mol. The van der Waals surface area contributed by atoms with Crippen LogP contribution in [0.3, 0.4) is 0 Å². The molecule has 0 bridgehead atoms. The summed E-state index contributed by atoms with van der Waals surface area (Å²) in [5, 5.41) is 3.36. The molecule has 3 heterocycles. The highest BCUT2D eigenvalue weighted by Gasteiger charge is 2.24. The van der Waals surface area contributed by atoms with E-state index in [4.69, 9.17) is 13.6 Å². The van der Waals surface area contributed by atoms with Crippen LogP contribution in [-0.2, 0) is 4.74 Å². The molecule has 0 unspecified atom stereocenters. The first-order valence-electron chi connectivity index (χ1n) is 12.3. The van der Waals surface area contributed by atoms with Gasteiger partial charge in [-0.2, -0.15) is 0 Å². The smallest absolute Gasteiger partial charge is 0.149 e. The number of anilines is 2. The number of hydrogen-bond acceptors (Lipinski definition) is 8. The molecule has 1 aliphatic heterocycles. The second kappa shape index (κ2) is 9.01. The molecule has 0 amide bonds. The maximum Gasteiger partial charge on any atom is 0.149 e. The molecule has 5 rings (SSSR count). The number of aryl methyl sites for hydroxylation is 1. The molecule has 1 aromatic carbocycles. The summed E-state index contributed by atoms with van der Waals surface area (Å²) < 4.78 is 34.5. The number of nitrogens with one attached hydrogen (secondary N) is 1. The van der Waals surface area contributed by atoms with Gasteiger partial charge < -0.3 is 19.7 Å². The average molecular weight is 424 g/mol. The minimum Gasteiger partial charge on any atom is -0.488 e. The molecule has 1 N–H and O–H groups in total. The predicted octanol–water partition coefficient (Wildman–Crippen LogP) is 3.37. The zero-order chi connectivity index (χ0) is 23.5. The van der Waals surface area contributed by atoms with Gasteiger partial charge in [0.15, 0.2) is 0 Å². The van der Waals surface area contributed by atoms with Crippen LogP contribution in [0.25, 0.3) is 11.0 Å². The van der Waals surface area contributed by atoms with Gasteiger partial charge in [-0.05, 0) is 44.7 Å². The lowest BCUT2D eigenvalue weighted by Crippen LogP contribution is -2.36. The van der Waals surface area contributed by atoms with Crippen molar-refractivity contribution in [1.82, 2.24) is 19.9 Å². The first kappa shape index (κ1) is 16.7. The molecule has 2 aliphatic rings. The SMILES string of the molecule is [2H]C([2H])([2H])c1nccc(NC2CCC(Oc3cc(N4CCOCC4)cc4nccnc34)CC2)n1. The molecule has 0 spiro atoms. The zero-order valence-electron chi connectivity index (χ0n) is 20.3. The number of hydrogen-bond donors (Lipinski definition) is 1. The third kappa shape index (κ3) is 4.69. The van der Waals surface area contributed by atoms with E-state index in [2.05, 4.69) is 42.3 Å². The molecule has 162 valence electrons. The van der Waals surface area contributed by atoms with Crippen molar-refractivity contribution in [2.75, 3.05) is 36.5 Å². The number of morpholine rings is 1. The summed E-state index contributed by atoms with van der Waals surface area (Å²) >= 11 is 0. The maximum absolute atomic E-state index is 7.51. The average Bonchev–Trinajstić information content (AvgIpc) is 2.85. The molecule has 31 heavy (non-hydrogen) atoms. The van der Waals surface area contributed by atoms with E-state index in [1.54, 1.807) is 18.5 Å². The van der Waals surface area contributed by atoms with Crippen molar-refractivity contribution in [3.63, 3.8) is 0 Å². The van der Waals surface area contributed by atoms with E-state index in [9.17, 15) is 0 Å². The minimum atomic E-state index is -2.31. The lowest BCUT2D eigenvalue weighted by molar-refractivity contribution is 0.122. The van der Waals surface area contributed by atoms with Crippen molar-refractivity contribution < 1.29 is 13.6 Å². The Morgan fingerprint density at radius 3 is 2.74 bits per heavy atom. The molecule has 3 aromatic rings. The Balaban J connectivity index is 1.25. The van der Waals surface area contributed by atoms with Crippen LogP contribution in [0.15, 0.2) is 36.8 Å². The molecular weight excluding hydrogens is 392 g/mol. The highest BCUT2D eigenvalue weighted by Crippen LogP contribution is 2.33. The molecule has 2 fully saturated rings. The van der Waals surface area contributed by atoms with Gasteiger partial charge in [-0.1, -0.05) is 0 Å². The van der Waals surface area contributed by atoms with Crippen molar-refractivity contribution in [3.05, 3.63) is 42.6 Å². The van der Waals surface area contributed by atoms with E-state index < -0.39 is 6.85 Å². The topological polar surface area (TPSA) is 85.3 Å². The summed E-state index contributed by atoms with van der Waals surface area (Å²) in [7, 11) is 0. The molecule has 1 saturated heterocycles. The molecule has 2 aromatic heterocycles. The standard InChI is InChI=1S/C23H28N6O2/c1-16-24-7-6-22(27-16)28-17-2-4-19(5-3-17)31-21-15-18(29-10-12-30-13-11-29)14-20-23(21)26-9-8-25-20/h6-9,14-15,17,19H,2-5,10-13H2,1H3,(H,24,27,28)/i1D3. The second-order valence-corrected chi connectivity index (χ2v) is 7.97. The van der Waals surface area contributed by atoms with Crippen LogP contribution in [0.2, 0.25) is 0 Å². The van der Waals surface area contributed by atoms with Crippen LogP contribution in [0.1, 0.15) is 35.6 Å². The van der Waals surface area contributed by atoms with Gasteiger partial charge in [0, 0.05) is 53.6 Å². The normalized spacial score (nSPS) is 23.6. The Hall–Kier alpha value is -3.00. The van der Waals surface area contributed by atoms with Gasteiger partial charge in [0.1, 0.15) is 22.9 Å². The quantitative estimate of drug-likeness (QED) is 0.669. The molecule has 0 atom stereocenters. The highest BCUT2D eigenvalue weighted by atomic mass is 16.5. The molecule has 0 radical (unpaired) electrons. The van der Waals surface area contributed by atoms with E-state index in [-0.39, 0.29) is 18.0 Å². The van der Waals surface area contributed by atoms with Gasteiger partial charge in [-0.25, -0.2) is 15.0 Å². The molecule has 1 aliphatic carbocycles. The lowest BCUT2D eigenvalue weighted by atomic mass is 9.93. The fourth-order valence-corrected chi connectivity index (χ4v) is 4.28. The van der Waals surface area contributed by atoms with Crippen LogP contribution >= 0.6 is 0 Å². The summed E-state index contributed by atoms with van der Waals surface area (Å²) in [5.41, 5.74) is 2.68. The molecule has 8 nitrogen and oxygen atoms in total. The summed E-state index contributed by atoms with van der Waals surface area (Å²) in [5.74, 6) is 1.18. The van der Waals surface area contributed by atoms with Crippen molar-refractivity contribution >= 4 is 22.5 Å². The van der Waals surface area contributed by atoms with Crippen LogP contribution in [-0.4, -0.2) is 58.4 Å². The van der Waals surface area contributed by atoms with Crippen LogP contribution in [0.5, 0.6) is 5.75 Å². The third-order valence-electron chi connectivity index (χ3n) is 5.88. The van der Waals surface area contributed by atoms with Crippen LogP contribution in [0.4, 0.5) is 11.5 Å². The molecule has 1 saturated carbocycles. The Labute approximate surface area is 186 Å². The second-order valence-electron chi connectivity index (χ2n) is 7.97. The number of aromatic nitrogens is 4. The lowest BCUT2D eigenvalue weighted by Gasteiger charge is -2.31. The summed E-state index contributed by atoms with van der Waals surface area (Å²) in [6.07, 6.45) is 8.49. The summed E-state index contributed by atoms with van der Waals surface area (Å²) in [6, 6.07) is 6.05. The summed E-state index contributed by atoms with van der Waals surface area (Å²) in [4.78, 5) is 19.4. The molecule has 8 heteroatoms. The Bertz CT molecular complexity index is 1130. The van der Waals surface area contributed by atoms with Gasteiger partial charge in [-0.15, -0.1) is 0 Å². The van der Waals surface area contributed by atoms with E-state index in [0.29, 0.717) is 19.0 Å². The maximum atomic E-state index is 7.51. The number of rotatable bonds is 5. The van der Waals surface area contributed by atoms with Crippen LogP contribution < -0.4 is 15.0 Å². The third-order valence-corrected chi connectivity index (χ3v) is 5.88. The van der Waals surface area contributed by atoms with Gasteiger partial charge in [0.2, 0.25) is 0 Å². The minimum absolute atomic E-state index is 0.0755. The van der Waals surface area contributed by atoms with E-state index in [1.165, 1.54) is 6.20 Å². The van der Waals surface area contributed by atoms with Crippen molar-refractivity contribution in [2.45, 2.75) is 44.7 Å². The van der Waals surface area contributed by atoms with Crippen molar-refractivity contribution in [1.29, 1.82) is 0 Å². The Morgan fingerprint density at radius 2 is 1.90 bits per heavy atom. The number of fused-ring (bicyclic) bond motifs is 1. The van der Waals surface area contributed by atoms with Gasteiger partial charge in [0.25, 0.3) is 0 Å². The zero-order valence-corrected chi connectivity index (χ0v) is 17.3. The number of ether oxygens (including phenoxy) is 2. The van der Waals surface area contributed by atoms with Gasteiger partial charge >= 0.3 is 0 Å². The first-order valence-corrected chi connectivity index (χ1v) is 10.8. The molecular formula is C23H28N6O2. The Kier molecular flexibility index (Phi) is 4.84. The van der Waals surface area contributed by atoms with Gasteiger partial charge in [-0.3, -0.25) is 4.98 Å². The first-order chi connectivity index (χ1) is 16.5. The summed E-state index contributed by atoms with van der Waals surface area (Å²) in [6.45, 7) is 0.797. The van der Waals surface area contributed by atoms with Crippen molar-refractivity contribution in [3.8, 4) is 5.75 Å². The van der Waals surface area contributed by atoms with E-state index >= 15 is 0 Å². The number of benzene rings is 1. The van der Waals surface area contributed by atoms with Crippen LogP contribution in [0, 0.1) is 6.85 Å². The van der Waals surface area contributed by atoms with Crippen molar-refractivity contribution in [2.24, 2.45) is 0 Å². The van der Waals surface area contributed by atoms with E-state index in [0.717, 1.165) is 61.2 Å². The highest BCUT2D eigenvalue weighted by molar-refractivity contribution is 5.85. The largest absolute Gasteiger partial charge is 0.488 e. The fourth-order valence-electron chi connectivity index (χ4n) is 4.28. The van der Waals surface area contributed by atoms with E-state index in [1.807, 2.05) is 0 Å².